The molecule has 6 nitrogen and oxygen atoms in total. The van der Waals surface area contributed by atoms with Crippen LogP contribution in [0.5, 0.6) is 0 Å². The summed E-state index contributed by atoms with van der Waals surface area (Å²) < 4.78 is 26.6. The van der Waals surface area contributed by atoms with Gasteiger partial charge in [0.15, 0.2) is 0 Å². The number of nitrogens with two attached hydrogens (primary N) is 1. The van der Waals surface area contributed by atoms with Crippen LogP contribution in [0.4, 0.5) is 5.69 Å². The summed E-state index contributed by atoms with van der Waals surface area (Å²) >= 11 is 0. The first-order valence-electron chi connectivity index (χ1n) is 7.05. The van der Waals surface area contributed by atoms with Gasteiger partial charge in [0.05, 0.1) is 4.90 Å². The van der Waals surface area contributed by atoms with Crippen molar-refractivity contribution in [2.75, 3.05) is 11.9 Å². The third kappa shape index (κ3) is 4.52. The molecule has 1 aromatic rings. The smallest absolute Gasteiger partial charge is 0.240 e. The van der Waals surface area contributed by atoms with Crippen LogP contribution in [0.3, 0.4) is 0 Å². The highest BCUT2D eigenvalue weighted by atomic mass is 32.2. The molecule has 4 N–H and O–H groups in total. The molecule has 0 heterocycles. The third-order valence-electron chi connectivity index (χ3n) is 3.38. The van der Waals surface area contributed by atoms with Crippen molar-refractivity contribution in [2.24, 2.45) is 11.7 Å². The Balaban J connectivity index is 2.00. The molecule has 1 atom stereocenters. The van der Waals surface area contributed by atoms with Crippen molar-refractivity contribution >= 4 is 21.6 Å². The summed E-state index contributed by atoms with van der Waals surface area (Å²) in [6, 6.07) is 6.25. The quantitative estimate of drug-likeness (QED) is 0.700. The fraction of sp³-hybridized carbons (Fsp3) is 0.500. The standard InChI is InChI=1S/C14H21N3O3S/c1-10(8-9-15)14(18)16-11-4-6-13(7-5-11)21(19,20)17-12-2-3-12/h4-7,10,12,17H,2-3,8-9,15H2,1H3,(H,16,18). The van der Waals surface area contributed by atoms with Gasteiger partial charge in [-0.1, -0.05) is 6.92 Å². The molecule has 7 heteroatoms. The molecule has 0 saturated heterocycles. The monoisotopic (exact) mass is 311 g/mol. The van der Waals surface area contributed by atoms with Crippen molar-refractivity contribution < 1.29 is 13.2 Å². The van der Waals surface area contributed by atoms with Crippen LogP contribution in [0.25, 0.3) is 0 Å². The number of anilines is 1. The second-order valence-corrected chi connectivity index (χ2v) is 7.10. The van der Waals surface area contributed by atoms with E-state index in [-0.39, 0.29) is 22.8 Å². The molecule has 116 valence electrons. The number of amides is 1. The summed E-state index contributed by atoms with van der Waals surface area (Å²) in [6.45, 7) is 2.26. The second-order valence-electron chi connectivity index (χ2n) is 5.39. The van der Waals surface area contributed by atoms with Crippen LogP contribution in [0.2, 0.25) is 0 Å². The number of hydrogen-bond acceptors (Lipinski definition) is 4. The van der Waals surface area contributed by atoms with E-state index in [2.05, 4.69) is 10.0 Å². The number of rotatable bonds is 7. The van der Waals surface area contributed by atoms with Crippen LogP contribution in [0.15, 0.2) is 29.2 Å². The molecule has 0 bridgehead atoms. The third-order valence-corrected chi connectivity index (χ3v) is 4.91. The van der Waals surface area contributed by atoms with E-state index in [4.69, 9.17) is 5.73 Å². The molecule has 0 aliphatic heterocycles. The lowest BCUT2D eigenvalue weighted by molar-refractivity contribution is -0.119. The Bertz CT molecular complexity index is 594. The molecule has 21 heavy (non-hydrogen) atoms. The van der Waals surface area contributed by atoms with Crippen molar-refractivity contribution in [3.63, 3.8) is 0 Å². The highest BCUT2D eigenvalue weighted by Gasteiger charge is 2.27. The molecule has 0 aromatic heterocycles. The first-order chi connectivity index (χ1) is 9.92. The predicted octanol–water partition coefficient (Wildman–Crippen LogP) is 1.05. The molecule has 1 saturated carbocycles. The van der Waals surface area contributed by atoms with Gasteiger partial charge in [0.2, 0.25) is 15.9 Å². The maximum Gasteiger partial charge on any atom is 0.240 e. The summed E-state index contributed by atoms with van der Waals surface area (Å²) in [4.78, 5) is 12.1. The average molecular weight is 311 g/mol. The molecule has 1 aliphatic carbocycles. The Hall–Kier alpha value is -1.44. The van der Waals surface area contributed by atoms with Crippen LogP contribution in [-0.2, 0) is 14.8 Å². The zero-order chi connectivity index (χ0) is 15.5. The van der Waals surface area contributed by atoms with Gasteiger partial charge in [0.1, 0.15) is 0 Å². The second kappa shape index (κ2) is 6.55. The molecule has 2 rings (SSSR count). The SMILES string of the molecule is CC(CCN)C(=O)Nc1ccc(S(=O)(=O)NC2CC2)cc1. The van der Waals surface area contributed by atoms with Crippen LogP contribution in [-0.4, -0.2) is 26.9 Å². The summed E-state index contributed by atoms with van der Waals surface area (Å²) in [5, 5.41) is 2.75. The van der Waals surface area contributed by atoms with E-state index in [9.17, 15) is 13.2 Å². The van der Waals surface area contributed by atoms with E-state index >= 15 is 0 Å². The zero-order valence-corrected chi connectivity index (χ0v) is 12.8. The zero-order valence-electron chi connectivity index (χ0n) is 12.0. The maximum absolute atomic E-state index is 12.0. The van der Waals surface area contributed by atoms with Crippen LogP contribution >= 0.6 is 0 Å². The molecule has 1 fully saturated rings. The largest absolute Gasteiger partial charge is 0.330 e. The number of carbonyl (C=O) groups excluding carboxylic acids is 1. The number of nitrogens with one attached hydrogen (secondary N) is 2. The van der Waals surface area contributed by atoms with Crippen LogP contribution < -0.4 is 15.8 Å². The van der Waals surface area contributed by atoms with Crippen molar-refractivity contribution in [3.05, 3.63) is 24.3 Å². The van der Waals surface area contributed by atoms with Gasteiger partial charge in [-0.15, -0.1) is 0 Å². The van der Waals surface area contributed by atoms with E-state index < -0.39 is 10.0 Å². The van der Waals surface area contributed by atoms with Crippen molar-refractivity contribution in [3.8, 4) is 0 Å². The van der Waals surface area contributed by atoms with Gasteiger partial charge >= 0.3 is 0 Å². The minimum absolute atomic E-state index is 0.0755. The Morgan fingerprint density at radius 2 is 1.95 bits per heavy atom. The fourth-order valence-corrected chi connectivity index (χ4v) is 3.16. The van der Waals surface area contributed by atoms with Gasteiger partial charge in [0.25, 0.3) is 0 Å². The summed E-state index contributed by atoms with van der Waals surface area (Å²) in [7, 11) is -3.45. The van der Waals surface area contributed by atoms with Crippen molar-refractivity contribution in [2.45, 2.75) is 37.1 Å². The predicted molar refractivity (Wildman–Crippen MR) is 81.3 cm³/mol. The van der Waals surface area contributed by atoms with Crippen LogP contribution in [0, 0.1) is 5.92 Å². The summed E-state index contributed by atoms with van der Waals surface area (Å²) in [6.07, 6.45) is 2.41. The molecular formula is C14H21N3O3S. The number of benzene rings is 1. The molecule has 1 aromatic carbocycles. The Morgan fingerprint density at radius 3 is 2.48 bits per heavy atom. The average Bonchev–Trinajstić information content (AvgIpc) is 3.23. The molecule has 1 amide bonds. The van der Waals surface area contributed by atoms with Gasteiger partial charge in [-0.2, -0.15) is 0 Å². The van der Waals surface area contributed by atoms with E-state index in [1.165, 1.54) is 12.1 Å². The first-order valence-corrected chi connectivity index (χ1v) is 8.54. The first kappa shape index (κ1) is 15.9. The molecule has 0 spiro atoms. The number of sulfonamides is 1. The van der Waals surface area contributed by atoms with Gasteiger partial charge in [0, 0.05) is 17.6 Å². The van der Waals surface area contributed by atoms with Gasteiger partial charge in [-0.25, -0.2) is 13.1 Å². The van der Waals surface area contributed by atoms with Crippen LogP contribution in [0.1, 0.15) is 26.2 Å². The topological polar surface area (TPSA) is 101 Å². The van der Waals surface area contributed by atoms with E-state index in [1.807, 2.05) is 0 Å². The molecule has 0 radical (unpaired) electrons. The summed E-state index contributed by atoms with van der Waals surface area (Å²) in [5.74, 6) is -0.290. The van der Waals surface area contributed by atoms with Gasteiger partial charge in [-0.3, -0.25) is 4.79 Å². The molecule has 1 aliphatic rings. The molecular weight excluding hydrogens is 290 g/mol. The maximum atomic E-state index is 12.0. The minimum atomic E-state index is -3.45. The van der Waals surface area contributed by atoms with Crippen molar-refractivity contribution in [1.29, 1.82) is 0 Å². The van der Waals surface area contributed by atoms with Gasteiger partial charge in [-0.05, 0) is 50.1 Å². The highest BCUT2D eigenvalue weighted by molar-refractivity contribution is 7.89. The molecule has 1 unspecified atom stereocenters. The normalized spacial score (nSPS) is 16.5. The lowest BCUT2D eigenvalue weighted by Gasteiger charge is -2.11. The van der Waals surface area contributed by atoms with E-state index in [1.54, 1.807) is 19.1 Å². The van der Waals surface area contributed by atoms with E-state index in [0.29, 0.717) is 18.7 Å². The lowest BCUT2D eigenvalue weighted by Crippen LogP contribution is -2.25. The Labute approximate surface area is 125 Å². The summed E-state index contributed by atoms with van der Waals surface area (Å²) in [5.41, 5.74) is 6.00. The Morgan fingerprint density at radius 1 is 1.33 bits per heavy atom. The highest BCUT2D eigenvalue weighted by Crippen LogP contribution is 2.23. The fourth-order valence-electron chi connectivity index (χ4n) is 1.85. The number of hydrogen-bond donors (Lipinski definition) is 3. The van der Waals surface area contributed by atoms with E-state index in [0.717, 1.165) is 12.8 Å². The van der Waals surface area contributed by atoms with Crippen molar-refractivity contribution in [1.82, 2.24) is 4.72 Å². The Kier molecular flexibility index (Phi) is 4.97. The lowest BCUT2D eigenvalue weighted by atomic mass is 10.1. The minimum Gasteiger partial charge on any atom is -0.330 e. The number of carbonyl (C=O) groups is 1. The van der Waals surface area contributed by atoms with Gasteiger partial charge < -0.3 is 11.1 Å².